The van der Waals surface area contributed by atoms with Crippen LogP contribution in [0.3, 0.4) is 0 Å². The zero-order valence-electron chi connectivity index (χ0n) is 18.4. The maximum absolute atomic E-state index is 13.4. The van der Waals surface area contributed by atoms with E-state index >= 15 is 0 Å². The average Bonchev–Trinajstić information content (AvgIpc) is 3.42. The van der Waals surface area contributed by atoms with E-state index in [4.69, 9.17) is 0 Å². The van der Waals surface area contributed by atoms with Gasteiger partial charge in [0.15, 0.2) is 15.0 Å². The molecule has 2 aromatic heterocycles. The van der Waals surface area contributed by atoms with Crippen LogP contribution in [0.25, 0.3) is 16.3 Å². The summed E-state index contributed by atoms with van der Waals surface area (Å²) in [4.78, 5) is 12.8. The summed E-state index contributed by atoms with van der Waals surface area (Å²) in [5.41, 5.74) is 1.45. The number of benzene rings is 2. The average molecular weight is 531 g/mol. The fourth-order valence-corrected chi connectivity index (χ4v) is 5.49. The van der Waals surface area contributed by atoms with Crippen LogP contribution in [0.5, 0.6) is 0 Å². The predicted molar refractivity (Wildman–Crippen MR) is 131 cm³/mol. The van der Waals surface area contributed by atoms with Crippen molar-refractivity contribution in [1.82, 2.24) is 25.0 Å². The molecule has 0 radical (unpaired) electrons. The number of nitrogens with zero attached hydrogens (tertiary/aromatic N) is 5. The number of carbonyl (C=O) groups is 1. The standard InChI is InChI=1S/C22H19FN6O3S3/c1-35(31,32)17-10-4-14(5-11-17)20-26-27-21(34-20)24-18(30)12-33-22-28-25-19(13-2-3-13)29(22)16-8-6-15(23)7-9-16/h4-11,13H,2-3,12H2,1H3,(H,24,27,30). The third-order valence-electron chi connectivity index (χ3n) is 5.22. The number of rotatable bonds is 8. The molecule has 1 saturated carbocycles. The molecule has 0 aliphatic heterocycles. The van der Waals surface area contributed by atoms with Crippen LogP contribution in [0, 0.1) is 5.82 Å². The first kappa shape index (κ1) is 23.6. The monoisotopic (exact) mass is 530 g/mol. The van der Waals surface area contributed by atoms with Crippen LogP contribution in [0.15, 0.2) is 58.6 Å². The first-order valence-corrected chi connectivity index (χ1v) is 14.3. The third kappa shape index (κ3) is 5.41. The van der Waals surface area contributed by atoms with E-state index < -0.39 is 9.84 Å². The molecule has 1 fully saturated rings. The number of hydrogen-bond acceptors (Lipinski definition) is 9. The van der Waals surface area contributed by atoms with Crippen LogP contribution in [0.1, 0.15) is 24.6 Å². The van der Waals surface area contributed by atoms with Crippen LogP contribution in [-0.2, 0) is 14.6 Å². The second kappa shape index (κ2) is 9.47. The Bertz CT molecular complexity index is 1480. The van der Waals surface area contributed by atoms with E-state index in [2.05, 4.69) is 25.7 Å². The molecular formula is C22H19FN6O3S3. The minimum Gasteiger partial charge on any atom is -0.300 e. The summed E-state index contributed by atoms with van der Waals surface area (Å²) in [6, 6.07) is 12.4. The first-order valence-electron chi connectivity index (χ1n) is 10.6. The summed E-state index contributed by atoms with van der Waals surface area (Å²) in [7, 11) is -3.28. The van der Waals surface area contributed by atoms with E-state index in [1.54, 1.807) is 24.3 Å². The van der Waals surface area contributed by atoms with Gasteiger partial charge in [0.2, 0.25) is 11.0 Å². The maximum Gasteiger partial charge on any atom is 0.236 e. The lowest BCUT2D eigenvalue weighted by Gasteiger charge is -2.09. The Kier molecular flexibility index (Phi) is 6.38. The molecule has 2 heterocycles. The highest BCUT2D eigenvalue weighted by molar-refractivity contribution is 7.99. The van der Waals surface area contributed by atoms with Gasteiger partial charge in [0.05, 0.1) is 10.6 Å². The highest BCUT2D eigenvalue weighted by Gasteiger charge is 2.31. The fourth-order valence-electron chi connectivity index (χ4n) is 3.33. The lowest BCUT2D eigenvalue weighted by atomic mass is 10.2. The molecule has 4 aromatic rings. The normalized spacial score (nSPS) is 13.7. The van der Waals surface area contributed by atoms with Crippen molar-refractivity contribution in [3.63, 3.8) is 0 Å². The lowest BCUT2D eigenvalue weighted by molar-refractivity contribution is -0.113. The highest BCUT2D eigenvalue weighted by Crippen LogP contribution is 2.41. The Hall–Kier alpha value is -3.16. The minimum atomic E-state index is -3.28. The zero-order valence-corrected chi connectivity index (χ0v) is 20.8. The van der Waals surface area contributed by atoms with Gasteiger partial charge in [-0.15, -0.1) is 20.4 Å². The minimum absolute atomic E-state index is 0.0714. The van der Waals surface area contributed by atoms with E-state index in [1.165, 1.54) is 47.4 Å². The van der Waals surface area contributed by atoms with Gasteiger partial charge in [-0.25, -0.2) is 12.8 Å². The number of anilines is 1. The third-order valence-corrected chi connectivity index (χ3v) is 8.16. The van der Waals surface area contributed by atoms with E-state index in [-0.39, 0.29) is 22.4 Å². The number of nitrogens with one attached hydrogen (secondary N) is 1. The van der Waals surface area contributed by atoms with Gasteiger partial charge >= 0.3 is 0 Å². The van der Waals surface area contributed by atoms with Gasteiger partial charge in [0.25, 0.3) is 0 Å². The Morgan fingerprint density at radius 2 is 1.80 bits per heavy atom. The molecule has 1 amide bonds. The topological polar surface area (TPSA) is 120 Å². The number of thioether (sulfide) groups is 1. The van der Waals surface area contributed by atoms with Crippen molar-refractivity contribution >= 4 is 44.0 Å². The molecule has 0 bridgehead atoms. The molecule has 0 atom stereocenters. The van der Waals surface area contributed by atoms with Crippen molar-refractivity contribution in [3.8, 4) is 16.3 Å². The smallest absolute Gasteiger partial charge is 0.236 e. The summed E-state index contributed by atoms with van der Waals surface area (Å²) in [6.07, 6.45) is 3.20. The zero-order chi connectivity index (χ0) is 24.6. The SMILES string of the molecule is CS(=O)(=O)c1ccc(-c2nnc(NC(=O)CSc3nnc(C4CC4)n3-c3ccc(F)cc3)s2)cc1. The molecule has 0 unspecified atom stereocenters. The maximum atomic E-state index is 13.4. The molecule has 0 spiro atoms. The molecule has 1 N–H and O–H groups in total. The predicted octanol–water partition coefficient (Wildman–Crippen LogP) is 3.94. The molecule has 5 rings (SSSR count). The molecular weight excluding hydrogens is 511 g/mol. The first-order chi connectivity index (χ1) is 16.8. The largest absolute Gasteiger partial charge is 0.300 e. The number of hydrogen-bond donors (Lipinski definition) is 1. The van der Waals surface area contributed by atoms with Gasteiger partial charge in [-0.05, 0) is 49.2 Å². The Morgan fingerprint density at radius 3 is 2.46 bits per heavy atom. The molecule has 35 heavy (non-hydrogen) atoms. The molecule has 9 nitrogen and oxygen atoms in total. The van der Waals surface area contributed by atoms with Crippen LogP contribution in [0.2, 0.25) is 0 Å². The second-order valence-electron chi connectivity index (χ2n) is 7.97. The van der Waals surface area contributed by atoms with Crippen LogP contribution in [-0.4, -0.2) is 51.3 Å². The summed E-state index contributed by atoms with van der Waals surface area (Å²) in [6.45, 7) is 0. The van der Waals surface area contributed by atoms with E-state index in [0.717, 1.165) is 30.6 Å². The number of sulfone groups is 1. The van der Waals surface area contributed by atoms with Crippen molar-refractivity contribution < 1.29 is 17.6 Å². The van der Waals surface area contributed by atoms with Crippen LogP contribution in [0.4, 0.5) is 9.52 Å². The van der Waals surface area contributed by atoms with Crippen molar-refractivity contribution in [3.05, 3.63) is 60.2 Å². The number of halogens is 1. The highest BCUT2D eigenvalue weighted by atomic mass is 32.2. The Balaban J connectivity index is 1.25. The summed E-state index contributed by atoms with van der Waals surface area (Å²) >= 11 is 2.42. The number of amides is 1. The van der Waals surface area contributed by atoms with Gasteiger partial charge < -0.3 is 0 Å². The van der Waals surface area contributed by atoms with Crippen LogP contribution >= 0.6 is 23.1 Å². The quantitative estimate of drug-likeness (QED) is 0.340. The van der Waals surface area contributed by atoms with Crippen molar-refractivity contribution in [2.24, 2.45) is 0 Å². The van der Waals surface area contributed by atoms with Crippen molar-refractivity contribution in [2.75, 3.05) is 17.3 Å². The second-order valence-corrected chi connectivity index (χ2v) is 11.9. The van der Waals surface area contributed by atoms with Crippen LogP contribution < -0.4 is 5.32 Å². The molecule has 1 aliphatic rings. The summed E-state index contributed by atoms with van der Waals surface area (Å²) in [5, 5.41) is 20.8. The fraction of sp³-hybridized carbons (Fsp3) is 0.227. The van der Waals surface area contributed by atoms with Gasteiger partial charge in [-0.2, -0.15) is 0 Å². The van der Waals surface area contributed by atoms with Gasteiger partial charge in [0, 0.05) is 23.4 Å². The summed E-state index contributed by atoms with van der Waals surface area (Å²) < 4.78 is 38.5. The van der Waals surface area contributed by atoms with Crippen molar-refractivity contribution in [1.29, 1.82) is 0 Å². The molecule has 1 aliphatic carbocycles. The van der Waals surface area contributed by atoms with E-state index in [9.17, 15) is 17.6 Å². The number of carbonyl (C=O) groups excluding carboxylic acids is 1. The Morgan fingerprint density at radius 1 is 1.09 bits per heavy atom. The summed E-state index contributed by atoms with van der Waals surface area (Å²) in [5.74, 6) is 0.595. The van der Waals surface area contributed by atoms with Gasteiger partial charge in [-0.1, -0.05) is 35.2 Å². The van der Waals surface area contributed by atoms with Gasteiger partial charge in [0.1, 0.15) is 16.6 Å². The molecule has 2 aromatic carbocycles. The molecule has 0 saturated heterocycles. The lowest BCUT2D eigenvalue weighted by Crippen LogP contribution is -2.14. The van der Waals surface area contributed by atoms with Crippen molar-refractivity contribution in [2.45, 2.75) is 28.8 Å². The molecule has 180 valence electrons. The molecule has 13 heteroatoms. The Labute approximate surface area is 208 Å². The van der Waals surface area contributed by atoms with E-state index in [0.29, 0.717) is 26.8 Å². The number of aromatic nitrogens is 5. The van der Waals surface area contributed by atoms with Gasteiger partial charge in [-0.3, -0.25) is 14.7 Å². The van der Waals surface area contributed by atoms with E-state index in [1.807, 2.05) is 4.57 Å².